The van der Waals surface area contributed by atoms with E-state index in [-0.39, 0.29) is 17.9 Å². The second-order valence-corrected chi connectivity index (χ2v) is 6.25. The average molecular weight is 301 g/mol. The van der Waals surface area contributed by atoms with Crippen molar-refractivity contribution in [3.63, 3.8) is 0 Å². The number of piperidine rings is 1. The van der Waals surface area contributed by atoms with E-state index in [1.165, 1.54) is 0 Å². The quantitative estimate of drug-likeness (QED) is 0.890. The van der Waals surface area contributed by atoms with Crippen molar-refractivity contribution in [2.75, 3.05) is 24.5 Å². The highest BCUT2D eigenvalue weighted by Crippen LogP contribution is 2.21. The molecular formula is C17H23N3O2. The van der Waals surface area contributed by atoms with E-state index >= 15 is 0 Å². The molecule has 0 saturated carbocycles. The van der Waals surface area contributed by atoms with Gasteiger partial charge in [-0.15, -0.1) is 0 Å². The van der Waals surface area contributed by atoms with Crippen LogP contribution in [-0.2, 0) is 4.79 Å². The molecule has 1 aromatic carbocycles. The summed E-state index contributed by atoms with van der Waals surface area (Å²) in [6.45, 7) is 4.82. The number of hydrogen-bond acceptors (Lipinski definition) is 3. The van der Waals surface area contributed by atoms with Crippen molar-refractivity contribution < 1.29 is 9.59 Å². The highest BCUT2D eigenvalue weighted by molar-refractivity contribution is 5.97. The molecule has 2 heterocycles. The van der Waals surface area contributed by atoms with Crippen LogP contribution in [0.2, 0.25) is 0 Å². The number of benzene rings is 1. The van der Waals surface area contributed by atoms with Gasteiger partial charge in [0.15, 0.2) is 0 Å². The highest BCUT2D eigenvalue weighted by atomic mass is 16.2. The monoisotopic (exact) mass is 301 g/mol. The van der Waals surface area contributed by atoms with Gasteiger partial charge in [-0.25, -0.2) is 0 Å². The molecular weight excluding hydrogens is 278 g/mol. The molecule has 2 aliphatic heterocycles. The Morgan fingerprint density at radius 3 is 2.73 bits per heavy atom. The predicted molar refractivity (Wildman–Crippen MR) is 85.9 cm³/mol. The third kappa shape index (κ3) is 3.14. The van der Waals surface area contributed by atoms with Gasteiger partial charge in [-0.3, -0.25) is 9.59 Å². The van der Waals surface area contributed by atoms with E-state index < -0.39 is 0 Å². The number of nitrogens with one attached hydrogen (secondary N) is 2. The lowest BCUT2D eigenvalue weighted by Gasteiger charge is -2.30. The maximum atomic E-state index is 12.3. The fraction of sp³-hybridized carbons (Fsp3) is 0.529. The lowest BCUT2D eigenvalue weighted by Crippen LogP contribution is -2.48. The van der Waals surface area contributed by atoms with Gasteiger partial charge in [-0.2, -0.15) is 0 Å². The maximum Gasteiger partial charge on any atom is 0.251 e. The van der Waals surface area contributed by atoms with Crippen molar-refractivity contribution >= 4 is 17.5 Å². The van der Waals surface area contributed by atoms with Gasteiger partial charge in [0.2, 0.25) is 5.91 Å². The summed E-state index contributed by atoms with van der Waals surface area (Å²) in [5.41, 5.74) is 1.54. The van der Waals surface area contributed by atoms with E-state index in [1.54, 1.807) is 4.90 Å². The van der Waals surface area contributed by atoms with Crippen LogP contribution in [0.5, 0.6) is 0 Å². The van der Waals surface area contributed by atoms with Gasteiger partial charge in [0.05, 0.1) is 0 Å². The Morgan fingerprint density at radius 1 is 1.32 bits per heavy atom. The Morgan fingerprint density at radius 2 is 2.09 bits per heavy atom. The molecule has 0 aliphatic carbocycles. The number of amides is 2. The van der Waals surface area contributed by atoms with Crippen LogP contribution >= 0.6 is 0 Å². The molecule has 118 valence electrons. The summed E-state index contributed by atoms with van der Waals surface area (Å²) in [5.74, 6) is 0.581. The van der Waals surface area contributed by atoms with E-state index in [0.29, 0.717) is 17.9 Å². The molecule has 2 aliphatic rings. The van der Waals surface area contributed by atoms with Crippen molar-refractivity contribution in [1.29, 1.82) is 0 Å². The van der Waals surface area contributed by atoms with Gasteiger partial charge < -0.3 is 15.5 Å². The smallest absolute Gasteiger partial charge is 0.251 e. The molecule has 2 fully saturated rings. The minimum absolute atomic E-state index is 0.0296. The summed E-state index contributed by atoms with van der Waals surface area (Å²) in [6.07, 6.45) is 2.50. The molecule has 0 aromatic heterocycles. The van der Waals surface area contributed by atoms with Crippen LogP contribution in [0.4, 0.5) is 5.69 Å². The standard InChI is InChI=1S/C17H23N3O2/c1-12-11-18-9-8-15(12)19-17(22)13-4-6-14(7-5-13)20-10-2-3-16(20)21/h4-7,12,15,18H,2-3,8-11H2,1H3,(H,19,22). The zero-order valence-electron chi connectivity index (χ0n) is 13.0. The van der Waals surface area contributed by atoms with Gasteiger partial charge in [0, 0.05) is 30.3 Å². The Hall–Kier alpha value is -1.88. The third-order valence-electron chi connectivity index (χ3n) is 4.62. The molecule has 2 amide bonds. The van der Waals surface area contributed by atoms with Crippen LogP contribution in [-0.4, -0.2) is 37.5 Å². The van der Waals surface area contributed by atoms with Crippen LogP contribution in [0, 0.1) is 5.92 Å². The first kappa shape index (κ1) is 15.0. The van der Waals surface area contributed by atoms with Gasteiger partial charge >= 0.3 is 0 Å². The van der Waals surface area contributed by atoms with Crippen LogP contribution in [0.1, 0.15) is 36.5 Å². The van der Waals surface area contributed by atoms with E-state index in [2.05, 4.69) is 17.6 Å². The molecule has 0 radical (unpaired) electrons. The molecule has 0 spiro atoms. The average Bonchev–Trinajstić information content (AvgIpc) is 2.96. The summed E-state index contributed by atoms with van der Waals surface area (Å²) >= 11 is 0. The molecule has 2 atom stereocenters. The number of hydrogen-bond donors (Lipinski definition) is 2. The third-order valence-corrected chi connectivity index (χ3v) is 4.62. The van der Waals surface area contributed by atoms with Crippen LogP contribution < -0.4 is 15.5 Å². The molecule has 2 unspecified atom stereocenters. The van der Waals surface area contributed by atoms with Crippen molar-refractivity contribution in [2.45, 2.75) is 32.2 Å². The number of carbonyl (C=O) groups is 2. The summed E-state index contributed by atoms with van der Waals surface area (Å²) in [6, 6.07) is 7.58. The number of anilines is 1. The molecule has 3 rings (SSSR count). The maximum absolute atomic E-state index is 12.3. The van der Waals surface area contributed by atoms with E-state index in [4.69, 9.17) is 0 Å². The first-order valence-electron chi connectivity index (χ1n) is 8.07. The molecule has 22 heavy (non-hydrogen) atoms. The van der Waals surface area contributed by atoms with Gasteiger partial charge in [0.1, 0.15) is 0 Å². The minimum atomic E-state index is -0.0296. The lowest BCUT2D eigenvalue weighted by atomic mass is 9.95. The first-order valence-corrected chi connectivity index (χ1v) is 8.07. The van der Waals surface area contributed by atoms with E-state index in [1.807, 2.05) is 24.3 Å². The van der Waals surface area contributed by atoms with Crippen molar-refractivity contribution in [1.82, 2.24) is 10.6 Å². The lowest BCUT2D eigenvalue weighted by molar-refractivity contribution is -0.117. The largest absolute Gasteiger partial charge is 0.349 e. The zero-order valence-corrected chi connectivity index (χ0v) is 13.0. The Bertz CT molecular complexity index is 556. The zero-order chi connectivity index (χ0) is 15.5. The highest BCUT2D eigenvalue weighted by Gasteiger charge is 2.24. The van der Waals surface area contributed by atoms with Gasteiger partial charge in [-0.1, -0.05) is 6.92 Å². The van der Waals surface area contributed by atoms with Gasteiger partial charge in [-0.05, 0) is 56.1 Å². The summed E-state index contributed by atoms with van der Waals surface area (Å²) in [7, 11) is 0. The normalized spacial score (nSPS) is 25.3. The molecule has 1 aromatic rings. The molecule has 5 heteroatoms. The van der Waals surface area contributed by atoms with Gasteiger partial charge in [0.25, 0.3) is 5.91 Å². The number of rotatable bonds is 3. The Labute approximate surface area is 131 Å². The van der Waals surface area contributed by atoms with Crippen LogP contribution in [0.15, 0.2) is 24.3 Å². The SMILES string of the molecule is CC1CNCCC1NC(=O)c1ccc(N2CCCC2=O)cc1. The summed E-state index contributed by atoms with van der Waals surface area (Å²) in [4.78, 5) is 25.9. The summed E-state index contributed by atoms with van der Waals surface area (Å²) < 4.78 is 0. The molecule has 2 N–H and O–H groups in total. The molecule has 2 saturated heterocycles. The van der Waals surface area contributed by atoms with Crippen molar-refractivity contribution in [3.8, 4) is 0 Å². The summed E-state index contributed by atoms with van der Waals surface area (Å²) in [5, 5.41) is 6.45. The van der Waals surface area contributed by atoms with Crippen LogP contribution in [0.25, 0.3) is 0 Å². The number of carbonyl (C=O) groups excluding carboxylic acids is 2. The van der Waals surface area contributed by atoms with E-state index in [0.717, 1.165) is 38.2 Å². The second kappa shape index (κ2) is 6.48. The van der Waals surface area contributed by atoms with E-state index in [9.17, 15) is 9.59 Å². The number of nitrogens with zero attached hydrogens (tertiary/aromatic N) is 1. The Balaban J connectivity index is 1.64. The van der Waals surface area contributed by atoms with Crippen molar-refractivity contribution in [2.24, 2.45) is 5.92 Å². The minimum Gasteiger partial charge on any atom is -0.349 e. The Kier molecular flexibility index (Phi) is 4.43. The predicted octanol–water partition coefficient (Wildman–Crippen LogP) is 1.54. The fourth-order valence-electron chi connectivity index (χ4n) is 3.19. The topological polar surface area (TPSA) is 61.4 Å². The second-order valence-electron chi connectivity index (χ2n) is 6.25. The molecule has 0 bridgehead atoms. The fourth-order valence-corrected chi connectivity index (χ4v) is 3.19. The molecule has 5 nitrogen and oxygen atoms in total. The van der Waals surface area contributed by atoms with Crippen molar-refractivity contribution in [3.05, 3.63) is 29.8 Å². The van der Waals surface area contributed by atoms with Crippen LogP contribution in [0.3, 0.4) is 0 Å². The first-order chi connectivity index (χ1) is 10.6.